The third-order valence-electron chi connectivity index (χ3n) is 10.9. The summed E-state index contributed by atoms with van der Waals surface area (Å²) in [5, 5.41) is 6.99. The van der Waals surface area contributed by atoms with Crippen LogP contribution in [-0.4, -0.2) is 54.7 Å². The Hall–Kier alpha value is -5.74. The van der Waals surface area contributed by atoms with Crippen LogP contribution in [-0.2, 0) is 12.0 Å². The first-order valence-corrected chi connectivity index (χ1v) is 19.2. The van der Waals surface area contributed by atoms with Gasteiger partial charge in [0.25, 0.3) is 11.8 Å². The average Bonchev–Trinajstić information content (AvgIpc) is 3.63. The highest BCUT2D eigenvalue weighted by atomic mass is 16.2. The summed E-state index contributed by atoms with van der Waals surface area (Å²) in [5.41, 5.74) is 11.1. The number of pyridine rings is 2. The van der Waals surface area contributed by atoms with Crippen LogP contribution in [0.25, 0.3) is 22.3 Å². The molecule has 7 rings (SSSR count). The lowest BCUT2D eigenvalue weighted by atomic mass is 9.87. The fourth-order valence-corrected chi connectivity index (χ4v) is 7.77. The number of H-pyrrole nitrogens is 1. The Morgan fingerprint density at radius 2 is 1.45 bits per heavy atom. The van der Waals surface area contributed by atoms with E-state index in [4.69, 9.17) is 9.97 Å². The summed E-state index contributed by atoms with van der Waals surface area (Å²) >= 11 is 0. The van der Waals surface area contributed by atoms with E-state index in [-0.39, 0.29) is 29.3 Å². The molecular weight excluding hydrogens is 685 g/mol. The first-order chi connectivity index (χ1) is 26.5. The highest BCUT2D eigenvalue weighted by Gasteiger charge is 2.35. The standard InChI is InChI=1S/C45H50N8O2/c1-28-10-8-20-46-39(28)37-12-7-13-38(40-29(2)11-9-21-47-40)53(37)23-22-48-44(55)36-25-35-41(50-27-51-42(35)52-36)32-14-15-33(30(3)24-32)26-49-43(54)31-16-18-34(19-17-31)45(4,5)6/h8-11,14-21,24-25,27,37-38H,7,12-13,22-23,26H2,1-6H3,(H,48,55)(H,49,54)(H,50,51,52)/t37-,38+. The number of hydrogen-bond donors (Lipinski definition) is 3. The van der Waals surface area contributed by atoms with Crippen molar-refractivity contribution in [2.45, 2.75) is 84.8 Å². The van der Waals surface area contributed by atoms with Crippen LogP contribution < -0.4 is 10.6 Å². The molecule has 0 spiro atoms. The van der Waals surface area contributed by atoms with Gasteiger partial charge in [0, 0.05) is 48.5 Å². The summed E-state index contributed by atoms with van der Waals surface area (Å²) in [6.07, 6.45) is 8.33. The Balaban J connectivity index is 1.04. The molecule has 10 heteroatoms. The molecule has 2 aromatic carbocycles. The van der Waals surface area contributed by atoms with E-state index in [2.05, 4.69) is 83.3 Å². The van der Waals surface area contributed by atoms with Gasteiger partial charge in [0.1, 0.15) is 17.7 Å². The highest BCUT2D eigenvalue weighted by molar-refractivity contribution is 6.00. The average molecular weight is 735 g/mol. The van der Waals surface area contributed by atoms with E-state index in [1.54, 1.807) is 0 Å². The lowest BCUT2D eigenvalue weighted by Gasteiger charge is -2.42. The molecule has 1 saturated heterocycles. The highest BCUT2D eigenvalue weighted by Crippen LogP contribution is 2.41. The van der Waals surface area contributed by atoms with Gasteiger partial charge < -0.3 is 15.6 Å². The molecule has 1 fully saturated rings. The predicted octanol–water partition coefficient (Wildman–Crippen LogP) is 8.27. The van der Waals surface area contributed by atoms with Gasteiger partial charge in [-0.1, -0.05) is 57.2 Å². The molecule has 10 nitrogen and oxygen atoms in total. The van der Waals surface area contributed by atoms with E-state index in [9.17, 15) is 9.59 Å². The van der Waals surface area contributed by atoms with Crippen LogP contribution in [0.3, 0.4) is 0 Å². The normalized spacial score (nSPS) is 16.3. The second-order valence-electron chi connectivity index (χ2n) is 15.7. The zero-order valence-corrected chi connectivity index (χ0v) is 32.6. The molecule has 0 bridgehead atoms. The molecule has 0 aliphatic carbocycles. The number of nitrogens with zero attached hydrogens (tertiary/aromatic N) is 5. The fraction of sp³-hybridized carbons (Fsp3) is 0.333. The molecule has 0 unspecified atom stereocenters. The quantitative estimate of drug-likeness (QED) is 0.129. The molecule has 0 radical (unpaired) electrons. The van der Waals surface area contributed by atoms with Crippen LogP contribution in [0.1, 0.15) is 112 Å². The largest absolute Gasteiger partial charge is 0.349 e. The van der Waals surface area contributed by atoms with E-state index >= 15 is 0 Å². The Labute approximate surface area is 323 Å². The summed E-state index contributed by atoms with van der Waals surface area (Å²) in [5.74, 6) is -0.311. The lowest BCUT2D eigenvalue weighted by Crippen LogP contribution is -2.42. The maximum absolute atomic E-state index is 13.6. The lowest BCUT2D eigenvalue weighted by molar-refractivity contribution is 0.0737. The molecule has 1 aliphatic heterocycles. The number of amides is 2. The number of aryl methyl sites for hydroxylation is 3. The van der Waals surface area contributed by atoms with Gasteiger partial charge >= 0.3 is 0 Å². The minimum Gasteiger partial charge on any atom is -0.349 e. The van der Waals surface area contributed by atoms with Gasteiger partial charge in [0.05, 0.1) is 29.2 Å². The van der Waals surface area contributed by atoms with Crippen molar-refractivity contribution in [3.05, 3.63) is 142 Å². The number of rotatable bonds is 10. The van der Waals surface area contributed by atoms with E-state index in [1.807, 2.05) is 73.9 Å². The Morgan fingerprint density at radius 1 is 0.782 bits per heavy atom. The molecule has 5 heterocycles. The monoisotopic (exact) mass is 734 g/mol. The summed E-state index contributed by atoms with van der Waals surface area (Å²) in [6.45, 7) is 14.2. The molecule has 0 saturated carbocycles. The van der Waals surface area contributed by atoms with Gasteiger partial charge in [-0.2, -0.15) is 0 Å². The molecule has 6 aromatic rings. The second kappa shape index (κ2) is 15.9. The Morgan fingerprint density at radius 3 is 2.07 bits per heavy atom. The van der Waals surface area contributed by atoms with Crippen molar-refractivity contribution in [2.75, 3.05) is 13.1 Å². The first-order valence-electron chi connectivity index (χ1n) is 19.2. The molecule has 55 heavy (non-hydrogen) atoms. The van der Waals surface area contributed by atoms with Crippen molar-refractivity contribution in [3.8, 4) is 11.3 Å². The number of benzene rings is 2. The van der Waals surface area contributed by atoms with Crippen LogP contribution in [0, 0.1) is 20.8 Å². The summed E-state index contributed by atoms with van der Waals surface area (Å²) in [6, 6.07) is 24.2. The topological polar surface area (TPSA) is 129 Å². The number of fused-ring (bicyclic) bond motifs is 1. The van der Waals surface area contributed by atoms with E-state index in [0.717, 1.165) is 58.4 Å². The number of nitrogens with one attached hydrogen (secondary N) is 3. The van der Waals surface area contributed by atoms with E-state index in [1.165, 1.54) is 23.0 Å². The van der Waals surface area contributed by atoms with Gasteiger partial charge in [-0.05, 0) is 110 Å². The van der Waals surface area contributed by atoms with Crippen LogP contribution in [0.4, 0.5) is 0 Å². The number of hydrogen-bond acceptors (Lipinski definition) is 7. The number of carbonyl (C=O) groups excluding carboxylic acids is 2. The number of aromatic amines is 1. The first kappa shape index (κ1) is 37.6. The zero-order chi connectivity index (χ0) is 38.7. The SMILES string of the molecule is Cc1cc(-c2ncnc3[nH]c(C(=O)NCCN4[C@@H](c5ncccc5C)CCC[C@H]4c4ncccc4C)cc23)ccc1CNC(=O)c1ccc(C(C)(C)C)cc1. The summed E-state index contributed by atoms with van der Waals surface area (Å²) in [4.78, 5) is 51.0. The number of likely N-dealkylation sites (tertiary alicyclic amines) is 1. The minimum absolute atomic E-state index is 0.0279. The van der Waals surface area contributed by atoms with Crippen LogP contribution in [0.2, 0.25) is 0 Å². The Kier molecular flexibility index (Phi) is 10.9. The fourth-order valence-electron chi connectivity index (χ4n) is 7.77. The minimum atomic E-state index is -0.201. The van der Waals surface area contributed by atoms with Gasteiger partial charge in [0.15, 0.2) is 0 Å². The van der Waals surface area contributed by atoms with Gasteiger partial charge in [-0.3, -0.25) is 24.5 Å². The maximum Gasteiger partial charge on any atom is 0.267 e. The van der Waals surface area contributed by atoms with Crippen molar-refractivity contribution in [2.24, 2.45) is 0 Å². The second-order valence-corrected chi connectivity index (χ2v) is 15.7. The van der Waals surface area contributed by atoms with E-state index < -0.39 is 0 Å². The Bertz CT molecular complexity index is 2270. The van der Waals surface area contributed by atoms with Crippen LogP contribution >= 0.6 is 0 Å². The van der Waals surface area contributed by atoms with Gasteiger partial charge in [-0.15, -0.1) is 0 Å². The maximum atomic E-state index is 13.6. The number of piperidine rings is 1. The van der Waals surface area contributed by atoms with Gasteiger partial charge in [0.2, 0.25) is 0 Å². The smallest absolute Gasteiger partial charge is 0.267 e. The molecule has 4 aromatic heterocycles. The number of aromatic nitrogens is 5. The molecule has 2 amide bonds. The third-order valence-corrected chi connectivity index (χ3v) is 10.9. The predicted molar refractivity (Wildman–Crippen MR) is 217 cm³/mol. The van der Waals surface area contributed by atoms with Crippen LogP contribution in [0.5, 0.6) is 0 Å². The molecular formula is C45H50N8O2. The van der Waals surface area contributed by atoms with E-state index in [0.29, 0.717) is 36.5 Å². The van der Waals surface area contributed by atoms with Crippen molar-refractivity contribution in [3.63, 3.8) is 0 Å². The van der Waals surface area contributed by atoms with Crippen LogP contribution in [0.15, 0.2) is 91.5 Å². The molecule has 282 valence electrons. The molecule has 2 atom stereocenters. The van der Waals surface area contributed by atoms with Crippen molar-refractivity contribution in [1.29, 1.82) is 0 Å². The van der Waals surface area contributed by atoms with Gasteiger partial charge in [-0.25, -0.2) is 9.97 Å². The summed E-state index contributed by atoms with van der Waals surface area (Å²) in [7, 11) is 0. The third kappa shape index (κ3) is 8.19. The zero-order valence-electron chi connectivity index (χ0n) is 32.6. The van der Waals surface area contributed by atoms with Crippen molar-refractivity contribution < 1.29 is 9.59 Å². The molecule has 3 N–H and O–H groups in total. The number of carbonyl (C=O) groups is 2. The van der Waals surface area contributed by atoms with Crippen molar-refractivity contribution in [1.82, 2.24) is 40.5 Å². The summed E-state index contributed by atoms with van der Waals surface area (Å²) < 4.78 is 0. The molecule has 1 aliphatic rings. The van der Waals surface area contributed by atoms with Crippen molar-refractivity contribution >= 4 is 22.8 Å².